The van der Waals surface area contributed by atoms with E-state index in [4.69, 9.17) is 4.74 Å². The van der Waals surface area contributed by atoms with Crippen LogP contribution in [0.5, 0.6) is 5.75 Å². The van der Waals surface area contributed by atoms with E-state index < -0.39 is 11.8 Å². The zero-order valence-electron chi connectivity index (χ0n) is 18.9. The molecule has 3 rings (SSSR count). The zero-order chi connectivity index (χ0) is 24.5. The molecule has 1 atom stereocenters. The van der Waals surface area contributed by atoms with Gasteiger partial charge in [-0.05, 0) is 82.4 Å². The van der Waals surface area contributed by atoms with Gasteiger partial charge in [0.1, 0.15) is 5.75 Å². The van der Waals surface area contributed by atoms with Crippen LogP contribution < -0.4 is 20.9 Å². The normalized spacial score (nSPS) is 11.3. The highest BCUT2D eigenvalue weighted by molar-refractivity contribution is 9.10. The maximum Gasteiger partial charge on any atom is 0.276 e. The molecule has 0 fully saturated rings. The fourth-order valence-corrected chi connectivity index (χ4v) is 3.56. The van der Waals surface area contributed by atoms with Crippen LogP contribution in [0.25, 0.3) is 0 Å². The van der Waals surface area contributed by atoms with Crippen molar-refractivity contribution in [1.82, 2.24) is 10.9 Å². The Labute approximate surface area is 207 Å². The van der Waals surface area contributed by atoms with Crippen LogP contribution in [0, 0.1) is 0 Å². The van der Waals surface area contributed by atoms with Gasteiger partial charge in [-0.25, -0.2) is 0 Å². The van der Waals surface area contributed by atoms with Gasteiger partial charge in [0.25, 0.3) is 17.7 Å². The second kappa shape index (κ2) is 12.0. The Kier molecular flexibility index (Phi) is 8.81. The smallest absolute Gasteiger partial charge is 0.276 e. The number of carbonyl (C=O) groups excluding carboxylic acids is 3. The lowest BCUT2D eigenvalue weighted by atomic mass is 9.99. The van der Waals surface area contributed by atoms with Crippen molar-refractivity contribution in [1.29, 1.82) is 0 Å². The van der Waals surface area contributed by atoms with E-state index in [0.717, 1.165) is 10.9 Å². The Bertz CT molecular complexity index is 1150. The van der Waals surface area contributed by atoms with Crippen LogP contribution in [-0.4, -0.2) is 24.3 Å². The van der Waals surface area contributed by atoms with Crippen molar-refractivity contribution in [2.75, 3.05) is 11.9 Å². The molecule has 0 saturated heterocycles. The molecule has 0 aliphatic rings. The van der Waals surface area contributed by atoms with Crippen LogP contribution in [-0.2, 0) is 4.79 Å². The topological polar surface area (TPSA) is 96.5 Å². The number of rotatable bonds is 8. The summed E-state index contributed by atoms with van der Waals surface area (Å²) in [6.45, 7) is 4.01. The fourth-order valence-electron chi connectivity index (χ4n) is 3.05. The molecule has 3 aromatic rings. The number of ether oxygens (including phenoxy) is 1. The molecule has 1 unspecified atom stereocenters. The number of hydrazine groups is 1. The molecule has 0 spiro atoms. The van der Waals surface area contributed by atoms with Crippen LogP contribution in [0.3, 0.4) is 0 Å². The number of benzene rings is 3. The molecule has 7 nitrogen and oxygen atoms in total. The van der Waals surface area contributed by atoms with E-state index in [1.54, 1.807) is 48.5 Å². The molecule has 0 aliphatic carbocycles. The van der Waals surface area contributed by atoms with Crippen molar-refractivity contribution < 1.29 is 19.1 Å². The highest BCUT2D eigenvalue weighted by Crippen LogP contribution is 2.30. The van der Waals surface area contributed by atoms with Crippen molar-refractivity contribution >= 4 is 39.3 Å². The molecule has 0 radical (unpaired) electrons. The molecule has 0 aromatic heterocycles. The standard InChI is InChI=1S/C26H26BrN3O4/c1-3-17(2)20-11-14-23(22(27)15-20)34-16-24(31)29-30-26(33)19-9-12-21(13-10-19)28-25(32)18-7-5-4-6-8-18/h4-15,17H,3,16H2,1-2H3,(H,28,32)(H,29,31)(H,30,33). The molecular formula is C26H26BrN3O4. The van der Waals surface area contributed by atoms with E-state index in [1.165, 1.54) is 5.56 Å². The molecule has 0 bridgehead atoms. The summed E-state index contributed by atoms with van der Waals surface area (Å²) in [4.78, 5) is 36.6. The minimum absolute atomic E-state index is 0.244. The Morgan fingerprint density at radius 2 is 1.56 bits per heavy atom. The number of anilines is 1. The van der Waals surface area contributed by atoms with Gasteiger partial charge < -0.3 is 10.1 Å². The summed E-state index contributed by atoms with van der Waals surface area (Å²) in [7, 11) is 0. The summed E-state index contributed by atoms with van der Waals surface area (Å²) in [5, 5.41) is 2.76. The number of halogens is 1. The molecule has 0 aliphatic heterocycles. The first-order chi connectivity index (χ1) is 16.4. The molecule has 3 aromatic carbocycles. The highest BCUT2D eigenvalue weighted by atomic mass is 79.9. The predicted molar refractivity (Wildman–Crippen MR) is 135 cm³/mol. The minimum Gasteiger partial charge on any atom is -0.483 e. The van der Waals surface area contributed by atoms with Gasteiger partial charge in [-0.3, -0.25) is 25.2 Å². The van der Waals surface area contributed by atoms with E-state index in [9.17, 15) is 14.4 Å². The SMILES string of the molecule is CCC(C)c1ccc(OCC(=O)NNC(=O)c2ccc(NC(=O)c3ccccc3)cc2)c(Br)c1. The van der Waals surface area contributed by atoms with Gasteiger partial charge in [0.05, 0.1) is 4.47 Å². The molecule has 3 N–H and O–H groups in total. The zero-order valence-corrected chi connectivity index (χ0v) is 20.5. The average molecular weight is 524 g/mol. The van der Waals surface area contributed by atoms with Gasteiger partial charge in [-0.1, -0.05) is 38.1 Å². The molecule has 3 amide bonds. The van der Waals surface area contributed by atoms with E-state index in [0.29, 0.717) is 28.5 Å². The monoisotopic (exact) mass is 523 g/mol. The van der Waals surface area contributed by atoms with Crippen molar-refractivity contribution in [3.63, 3.8) is 0 Å². The van der Waals surface area contributed by atoms with Crippen LogP contribution in [0.15, 0.2) is 77.3 Å². The van der Waals surface area contributed by atoms with Crippen molar-refractivity contribution in [3.05, 3.63) is 94.0 Å². The summed E-state index contributed by atoms with van der Waals surface area (Å²) in [5.41, 5.74) is 7.27. The van der Waals surface area contributed by atoms with E-state index in [-0.39, 0.29) is 12.5 Å². The Morgan fingerprint density at radius 1 is 0.882 bits per heavy atom. The van der Waals surface area contributed by atoms with Crippen LogP contribution >= 0.6 is 15.9 Å². The third kappa shape index (κ3) is 6.92. The molecule has 34 heavy (non-hydrogen) atoms. The van der Waals surface area contributed by atoms with Gasteiger partial charge in [0.2, 0.25) is 0 Å². The van der Waals surface area contributed by atoms with Crippen LogP contribution in [0.1, 0.15) is 52.5 Å². The summed E-state index contributed by atoms with van der Waals surface area (Å²) >= 11 is 3.47. The molecular weight excluding hydrogens is 498 g/mol. The second-order valence-electron chi connectivity index (χ2n) is 7.69. The Hall–Kier alpha value is -3.65. The highest BCUT2D eigenvalue weighted by Gasteiger charge is 2.11. The predicted octanol–water partition coefficient (Wildman–Crippen LogP) is 5.05. The van der Waals surface area contributed by atoms with Gasteiger partial charge in [-0.2, -0.15) is 0 Å². The lowest BCUT2D eigenvalue weighted by molar-refractivity contribution is -0.123. The van der Waals surface area contributed by atoms with Gasteiger partial charge in [-0.15, -0.1) is 0 Å². The maximum atomic E-state index is 12.3. The molecule has 0 heterocycles. The van der Waals surface area contributed by atoms with Crippen LogP contribution in [0.4, 0.5) is 5.69 Å². The Balaban J connectivity index is 1.46. The van der Waals surface area contributed by atoms with Gasteiger partial charge in [0, 0.05) is 16.8 Å². The summed E-state index contributed by atoms with van der Waals surface area (Å²) in [6, 6.07) is 20.9. The first kappa shape index (κ1) is 25.0. The molecule has 0 saturated carbocycles. The fraction of sp³-hybridized carbons (Fsp3) is 0.192. The molecule has 176 valence electrons. The number of hydrogen-bond donors (Lipinski definition) is 3. The first-order valence-electron chi connectivity index (χ1n) is 10.8. The van der Waals surface area contributed by atoms with E-state index >= 15 is 0 Å². The number of hydrogen-bond acceptors (Lipinski definition) is 4. The maximum absolute atomic E-state index is 12.3. The van der Waals surface area contributed by atoms with E-state index in [2.05, 4.69) is 45.9 Å². The molecule has 8 heteroatoms. The Morgan fingerprint density at radius 3 is 2.21 bits per heavy atom. The third-order valence-electron chi connectivity index (χ3n) is 5.25. The lowest BCUT2D eigenvalue weighted by Crippen LogP contribution is -2.43. The summed E-state index contributed by atoms with van der Waals surface area (Å²) in [6.07, 6.45) is 1.03. The minimum atomic E-state index is -0.502. The van der Waals surface area contributed by atoms with Gasteiger partial charge >= 0.3 is 0 Å². The largest absolute Gasteiger partial charge is 0.483 e. The van der Waals surface area contributed by atoms with Crippen molar-refractivity contribution in [2.24, 2.45) is 0 Å². The number of amides is 3. The number of carbonyl (C=O) groups is 3. The van der Waals surface area contributed by atoms with E-state index in [1.807, 2.05) is 24.3 Å². The third-order valence-corrected chi connectivity index (χ3v) is 5.87. The summed E-state index contributed by atoms with van der Waals surface area (Å²) < 4.78 is 6.31. The van der Waals surface area contributed by atoms with Crippen LogP contribution in [0.2, 0.25) is 0 Å². The number of nitrogens with one attached hydrogen (secondary N) is 3. The summed E-state index contributed by atoms with van der Waals surface area (Å²) in [5.74, 6) is -0.266. The average Bonchev–Trinajstić information content (AvgIpc) is 2.86. The van der Waals surface area contributed by atoms with Crippen molar-refractivity contribution in [3.8, 4) is 5.75 Å². The quantitative estimate of drug-likeness (QED) is 0.359. The second-order valence-corrected chi connectivity index (χ2v) is 8.54. The lowest BCUT2D eigenvalue weighted by Gasteiger charge is -2.13. The first-order valence-corrected chi connectivity index (χ1v) is 11.6. The van der Waals surface area contributed by atoms with Gasteiger partial charge in [0.15, 0.2) is 6.61 Å². The van der Waals surface area contributed by atoms with Crippen molar-refractivity contribution in [2.45, 2.75) is 26.2 Å².